The second-order valence-corrected chi connectivity index (χ2v) is 3.16. The molecule has 1 rings (SSSR count). The van der Waals surface area contributed by atoms with Crippen LogP contribution in [0.1, 0.15) is 5.56 Å². The van der Waals surface area contributed by atoms with Gasteiger partial charge in [0.2, 0.25) is 0 Å². The fourth-order valence-electron chi connectivity index (χ4n) is 1.09. The van der Waals surface area contributed by atoms with Crippen LogP contribution in [0.5, 0.6) is 0 Å². The minimum absolute atomic E-state index is 0. The normalized spacial score (nSPS) is 9.21. The zero-order chi connectivity index (χ0) is 10.0. The summed E-state index contributed by atoms with van der Waals surface area (Å²) in [5, 5.41) is 17.8. The average molecular weight is 216 g/mol. The van der Waals surface area contributed by atoms with Gasteiger partial charge in [0.1, 0.15) is 0 Å². The van der Waals surface area contributed by atoms with Gasteiger partial charge in [-0.25, -0.2) is 0 Å². The number of anilines is 1. The Morgan fingerprint density at radius 1 is 1.36 bits per heavy atom. The molecule has 0 aliphatic rings. The Morgan fingerprint density at radius 2 is 1.93 bits per heavy atom. The first kappa shape index (κ1) is 13.2. The molecule has 0 bridgehead atoms. The second kappa shape index (κ2) is 5.19. The molecule has 1 aromatic rings. The molecule has 0 unspecified atom stereocenters. The maximum absolute atomic E-state index is 8.91. The first-order valence-corrected chi connectivity index (χ1v) is 4.02. The lowest BCUT2D eigenvalue weighted by Crippen LogP contribution is -2.35. The standard InChI is InChI=1S/C8H13BN2O2.ClH/c1-6-4-7(11(2)3)5-10-8(6)9(12)13;/h4-5,12-13H,1-3H3;1H. The van der Waals surface area contributed by atoms with Crippen LogP contribution in [-0.2, 0) is 0 Å². The summed E-state index contributed by atoms with van der Waals surface area (Å²) in [6, 6.07) is 1.86. The van der Waals surface area contributed by atoms with Gasteiger partial charge in [0.15, 0.2) is 0 Å². The highest BCUT2D eigenvalue weighted by Crippen LogP contribution is 2.09. The third-order valence-corrected chi connectivity index (χ3v) is 1.87. The molecule has 1 aromatic heterocycles. The molecule has 6 heteroatoms. The maximum atomic E-state index is 8.91. The third kappa shape index (κ3) is 2.87. The van der Waals surface area contributed by atoms with E-state index in [9.17, 15) is 0 Å². The van der Waals surface area contributed by atoms with Gasteiger partial charge in [0, 0.05) is 20.3 Å². The smallest absolute Gasteiger partial charge is 0.422 e. The number of halogens is 1. The molecular weight excluding hydrogens is 202 g/mol. The molecule has 0 aliphatic heterocycles. The molecule has 0 aromatic carbocycles. The number of aryl methyl sites for hydroxylation is 1. The van der Waals surface area contributed by atoms with Gasteiger partial charge in [0.25, 0.3) is 0 Å². The topological polar surface area (TPSA) is 56.6 Å². The lowest BCUT2D eigenvalue weighted by molar-refractivity contribution is 0.424. The van der Waals surface area contributed by atoms with Crippen molar-refractivity contribution >= 4 is 30.8 Å². The Balaban J connectivity index is 0.00000169. The quantitative estimate of drug-likeness (QED) is 0.658. The van der Waals surface area contributed by atoms with Gasteiger partial charge in [-0.15, -0.1) is 12.4 Å². The van der Waals surface area contributed by atoms with Gasteiger partial charge in [-0.2, -0.15) is 0 Å². The van der Waals surface area contributed by atoms with Crippen LogP contribution < -0.4 is 10.5 Å². The molecule has 0 amide bonds. The zero-order valence-electron chi connectivity index (χ0n) is 8.43. The summed E-state index contributed by atoms with van der Waals surface area (Å²) >= 11 is 0. The number of pyridine rings is 1. The molecule has 0 atom stereocenters. The Morgan fingerprint density at radius 3 is 2.29 bits per heavy atom. The van der Waals surface area contributed by atoms with Gasteiger partial charge in [-0.05, 0) is 18.6 Å². The summed E-state index contributed by atoms with van der Waals surface area (Å²) in [6.45, 7) is 1.80. The fraction of sp³-hybridized carbons (Fsp3) is 0.375. The minimum Gasteiger partial charge on any atom is -0.422 e. The molecule has 0 aliphatic carbocycles. The van der Waals surface area contributed by atoms with E-state index >= 15 is 0 Å². The van der Waals surface area contributed by atoms with E-state index in [1.807, 2.05) is 25.1 Å². The summed E-state index contributed by atoms with van der Waals surface area (Å²) in [6.07, 6.45) is 1.61. The van der Waals surface area contributed by atoms with Gasteiger partial charge in [0.05, 0.1) is 11.3 Å². The highest BCUT2D eigenvalue weighted by Gasteiger charge is 2.15. The van der Waals surface area contributed by atoms with Crippen LogP contribution >= 0.6 is 12.4 Å². The monoisotopic (exact) mass is 216 g/mol. The molecule has 78 valence electrons. The lowest BCUT2D eigenvalue weighted by atomic mass is 9.82. The Hall–Kier alpha value is -0.775. The lowest BCUT2D eigenvalue weighted by Gasteiger charge is -2.13. The molecule has 0 radical (unpaired) electrons. The van der Waals surface area contributed by atoms with Crippen molar-refractivity contribution in [2.45, 2.75) is 6.92 Å². The van der Waals surface area contributed by atoms with Gasteiger partial charge < -0.3 is 14.9 Å². The summed E-state index contributed by atoms with van der Waals surface area (Å²) in [4.78, 5) is 5.87. The molecule has 0 saturated carbocycles. The predicted molar refractivity (Wildman–Crippen MR) is 60.4 cm³/mol. The van der Waals surface area contributed by atoms with E-state index in [0.717, 1.165) is 11.3 Å². The fourth-order valence-corrected chi connectivity index (χ4v) is 1.09. The van der Waals surface area contributed by atoms with E-state index in [4.69, 9.17) is 10.0 Å². The van der Waals surface area contributed by atoms with Gasteiger partial charge in [-0.3, -0.25) is 4.98 Å². The van der Waals surface area contributed by atoms with Crippen LogP contribution in [0.4, 0.5) is 5.69 Å². The molecule has 1 heterocycles. The molecule has 14 heavy (non-hydrogen) atoms. The van der Waals surface area contributed by atoms with Crippen molar-refractivity contribution in [1.82, 2.24) is 4.98 Å². The highest BCUT2D eigenvalue weighted by molar-refractivity contribution is 6.58. The van der Waals surface area contributed by atoms with E-state index in [2.05, 4.69) is 4.98 Å². The summed E-state index contributed by atoms with van der Waals surface area (Å²) < 4.78 is 0. The van der Waals surface area contributed by atoms with Crippen LogP contribution in [0, 0.1) is 6.92 Å². The molecule has 4 nitrogen and oxygen atoms in total. The molecule has 0 fully saturated rings. The minimum atomic E-state index is -1.49. The number of hydrogen-bond donors (Lipinski definition) is 2. The van der Waals surface area contributed by atoms with Crippen LogP contribution in [0.15, 0.2) is 12.3 Å². The van der Waals surface area contributed by atoms with E-state index in [0.29, 0.717) is 5.59 Å². The predicted octanol–water partition coefficient (Wildman–Crippen LogP) is -0.442. The number of aromatic nitrogens is 1. The highest BCUT2D eigenvalue weighted by atomic mass is 35.5. The Bertz CT molecular complexity index is 307. The SMILES string of the molecule is Cc1cc(N(C)C)cnc1B(O)O.Cl. The first-order valence-electron chi connectivity index (χ1n) is 4.02. The van der Waals surface area contributed by atoms with Crippen LogP contribution in [0.3, 0.4) is 0 Å². The molecule has 2 N–H and O–H groups in total. The third-order valence-electron chi connectivity index (χ3n) is 1.87. The Kier molecular flexibility index (Phi) is 4.90. The van der Waals surface area contributed by atoms with Crippen LogP contribution in [0.2, 0.25) is 0 Å². The van der Waals surface area contributed by atoms with E-state index in [1.54, 1.807) is 13.1 Å². The second-order valence-electron chi connectivity index (χ2n) is 3.16. The van der Waals surface area contributed by atoms with Crippen LogP contribution in [-0.4, -0.2) is 36.2 Å². The number of rotatable bonds is 2. The van der Waals surface area contributed by atoms with Crippen molar-refractivity contribution in [2.24, 2.45) is 0 Å². The maximum Gasteiger partial charge on any atom is 0.508 e. The number of nitrogens with zero attached hydrogens (tertiary/aromatic N) is 2. The van der Waals surface area contributed by atoms with Crippen molar-refractivity contribution in [1.29, 1.82) is 0 Å². The van der Waals surface area contributed by atoms with Crippen LogP contribution in [0.25, 0.3) is 0 Å². The largest absolute Gasteiger partial charge is 0.508 e. The van der Waals surface area contributed by atoms with E-state index in [1.165, 1.54) is 0 Å². The Labute approximate surface area is 90.1 Å². The van der Waals surface area contributed by atoms with Crippen molar-refractivity contribution in [3.05, 3.63) is 17.8 Å². The number of hydrogen-bond acceptors (Lipinski definition) is 4. The summed E-state index contributed by atoms with van der Waals surface area (Å²) in [7, 11) is 2.33. The van der Waals surface area contributed by atoms with Crippen molar-refractivity contribution in [3.8, 4) is 0 Å². The molecule has 0 saturated heterocycles. The zero-order valence-corrected chi connectivity index (χ0v) is 9.25. The van der Waals surface area contributed by atoms with Crippen molar-refractivity contribution in [2.75, 3.05) is 19.0 Å². The van der Waals surface area contributed by atoms with Gasteiger partial charge in [-0.1, -0.05) is 0 Å². The first-order chi connectivity index (χ1) is 6.02. The van der Waals surface area contributed by atoms with E-state index < -0.39 is 7.12 Å². The van der Waals surface area contributed by atoms with Crippen molar-refractivity contribution < 1.29 is 10.0 Å². The average Bonchev–Trinajstić information content (AvgIpc) is 2.03. The summed E-state index contributed by atoms with van der Waals surface area (Å²) in [5.74, 6) is 0. The molecular formula is C8H14BClN2O2. The van der Waals surface area contributed by atoms with E-state index in [-0.39, 0.29) is 12.4 Å². The van der Waals surface area contributed by atoms with Crippen molar-refractivity contribution in [3.63, 3.8) is 0 Å². The van der Waals surface area contributed by atoms with Gasteiger partial charge >= 0.3 is 7.12 Å². The summed E-state index contributed by atoms with van der Waals surface area (Å²) in [5.41, 5.74) is 2.04. The molecule has 0 spiro atoms.